The fourth-order valence-electron chi connectivity index (χ4n) is 2.18. The molecular weight excluding hydrogens is 354 g/mol. The summed E-state index contributed by atoms with van der Waals surface area (Å²) in [7, 11) is 1.32. The lowest BCUT2D eigenvalue weighted by Crippen LogP contribution is -2.41. The summed E-state index contributed by atoms with van der Waals surface area (Å²) < 4.78 is 10.3. The van der Waals surface area contributed by atoms with Crippen molar-refractivity contribution in [2.24, 2.45) is 5.73 Å². The largest absolute Gasteiger partial charge is 0.469 e. The van der Waals surface area contributed by atoms with Crippen molar-refractivity contribution < 1.29 is 19.1 Å². The first kappa shape index (κ1) is 22.4. The van der Waals surface area contributed by atoms with Crippen molar-refractivity contribution in [3.8, 4) is 0 Å². The molecule has 0 aliphatic rings. The van der Waals surface area contributed by atoms with Gasteiger partial charge in [0, 0.05) is 37.8 Å². The molecule has 2 atom stereocenters. The number of ether oxygens (including phenoxy) is 2. The maximum atomic E-state index is 12.4. The molecule has 1 amide bonds. The zero-order chi connectivity index (χ0) is 19.2. The maximum Gasteiger partial charge on any atom is 0.307 e. The first-order chi connectivity index (χ1) is 12.6. The van der Waals surface area contributed by atoms with E-state index < -0.39 is 6.10 Å². The second-order valence-electron chi connectivity index (χ2n) is 5.81. The molecule has 0 fully saturated rings. The van der Waals surface area contributed by atoms with Crippen molar-refractivity contribution in [3.63, 3.8) is 0 Å². The monoisotopic (exact) mass is 383 g/mol. The van der Waals surface area contributed by atoms with Crippen molar-refractivity contribution in [2.75, 3.05) is 39.1 Å². The number of hydrogen-bond donors (Lipinski definition) is 4. The average Bonchev–Trinajstić information content (AvgIpc) is 2.66. The Labute approximate surface area is 160 Å². The van der Waals surface area contributed by atoms with Crippen LogP contribution in [0.4, 0.5) is 0 Å². The SMILES string of the molecule is COC(=O)CCNC(=O)C(Cc1ccccc1)OCCNCC(N)CS. The summed E-state index contributed by atoms with van der Waals surface area (Å²) >= 11 is 4.13. The van der Waals surface area contributed by atoms with Gasteiger partial charge in [-0.2, -0.15) is 12.6 Å². The lowest BCUT2D eigenvalue weighted by Gasteiger charge is -2.18. The summed E-state index contributed by atoms with van der Waals surface area (Å²) in [4.78, 5) is 23.5. The molecule has 0 bridgehead atoms. The quantitative estimate of drug-likeness (QED) is 0.220. The Morgan fingerprint density at radius 2 is 1.96 bits per heavy atom. The van der Waals surface area contributed by atoms with Crippen molar-refractivity contribution in [3.05, 3.63) is 35.9 Å². The third-order valence-corrected chi connectivity index (χ3v) is 4.12. The average molecular weight is 384 g/mol. The number of hydrogen-bond acceptors (Lipinski definition) is 7. The minimum absolute atomic E-state index is 0.0138. The van der Waals surface area contributed by atoms with Gasteiger partial charge in [-0.05, 0) is 5.56 Å². The normalized spacial score (nSPS) is 13.0. The van der Waals surface area contributed by atoms with Gasteiger partial charge in [0.1, 0.15) is 6.10 Å². The van der Waals surface area contributed by atoms with Crippen LogP contribution in [-0.2, 0) is 25.5 Å². The van der Waals surface area contributed by atoms with E-state index in [1.807, 2.05) is 30.3 Å². The van der Waals surface area contributed by atoms with Crippen molar-refractivity contribution >= 4 is 24.5 Å². The molecule has 7 nitrogen and oxygen atoms in total. The van der Waals surface area contributed by atoms with Crippen LogP contribution in [0.1, 0.15) is 12.0 Å². The topological polar surface area (TPSA) is 103 Å². The molecule has 0 heterocycles. The summed E-state index contributed by atoms with van der Waals surface area (Å²) in [5.41, 5.74) is 6.78. The van der Waals surface area contributed by atoms with Gasteiger partial charge in [0.15, 0.2) is 0 Å². The number of nitrogens with one attached hydrogen (secondary N) is 2. The fraction of sp³-hybridized carbons (Fsp3) is 0.556. The van der Waals surface area contributed by atoms with Gasteiger partial charge >= 0.3 is 5.97 Å². The predicted octanol–water partition coefficient (Wildman–Crippen LogP) is 0.140. The number of nitrogens with two attached hydrogens (primary N) is 1. The van der Waals surface area contributed by atoms with Gasteiger partial charge in [-0.1, -0.05) is 30.3 Å². The Morgan fingerprint density at radius 1 is 1.23 bits per heavy atom. The molecule has 1 aromatic rings. The number of esters is 1. The molecule has 0 saturated heterocycles. The number of carbonyl (C=O) groups is 2. The van der Waals surface area contributed by atoms with Crippen LogP contribution in [0.3, 0.4) is 0 Å². The smallest absolute Gasteiger partial charge is 0.307 e. The van der Waals surface area contributed by atoms with Gasteiger partial charge in [-0.3, -0.25) is 9.59 Å². The highest BCUT2D eigenvalue weighted by Gasteiger charge is 2.19. The molecular formula is C18H29N3O4S. The molecule has 4 N–H and O–H groups in total. The molecule has 146 valence electrons. The van der Waals surface area contributed by atoms with E-state index in [-0.39, 0.29) is 30.9 Å². The Kier molecular flexibility index (Phi) is 11.7. The minimum Gasteiger partial charge on any atom is -0.469 e. The lowest BCUT2D eigenvalue weighted by atomic mass is 10.1. The van der Waals surface area contributed by atoms with E-state index in [2.05, 4.69) is 28.0 Å². The summed E-state index contributed by atoms with van der Waals surface area (Å²) in [6.07, 6.45) is -0.0414. The van der Waals surface area contributed by atoms with E-state index in [1.165, 1.54) is 7.11 Å². The van der Waals surface area contributed by atoms with Gasteiger partial charge < -0.3 is 25.8 Å². The molecule has 0 spiro atoms. The maximum absolute atomic E-state index is 12.4. The summed E-state index contributed by atoms with van der Waals surface area (Å²) in [6.45, 7) is 1.82. The van der Waals surface area contributed by atoms with Crippen LogP contribution in [0.25, 0.3) is 0 Å². The zero-order valence-electron chi connectivity index (χ0n) is 15.1. The number of carbonyl (C=O) groups excluding carboxylic acids is 2. The Bertz CT molecular complexity index is 530. The molecule has 2 unspecified atom stereocenters. The highest BCUT2D eigenvalue weighted by atomic mass is 32.1. The summed E-state index contributed by atoms with van der Waals surface area (Å²) in [6, 6.07) is 9.64. The highest BCUT2D eigenvalue weighted by molar-refractivity contribution is 7.80. The van der Waals surface area contributed by atoms with E-state index in [0.29, 0.717) is 31.9 Å². The zero-order valence-corrected chi connectivity index (χ0v) is 16.0. The standard InChI is InChI=1S/C18H29N3O4S/c1-24-17(22)7-8-21-18(23)16(11-14-5-3-2-4-6-14)25-10-9-20-12-15(19)13-26/h2-6,15-16,20,26H,7-13,19H2,1H3,(H,21,23). The summed E-state index contributed by atoms with van der Waals surface area (Å²) in [5.74, 6) is -0.00651. The van der Waals surface area contributed by atoms with Gasteiger partial charge in [0.05, 0.1) is 20.1 Å². The van der Waals surface area contributed by atoms with Crippen molar-refractivity contribution in [1.29, 1.82) is 0 Å². The summed E-state index contributed by atoms with van der Waals surface area (Å²) in [5, 5.41) is 5.89. The van der Waals surface area contributed by atoms with E-state index in [1.54, 1.807) is 0 Å². The van der Waals surface area contributed by atoms with Crippen LogP contribution in [-0.4, -0.2) is 63.1 Å². The van der Waals surface area contributed by atoms with Crippen LogP contribution in [0, 0.1) is 0 Å². The molecule has 1 aromatic carbocycles. The number of methoxy groups -OCH3 is 1. The second kappa shape index (κ2) is 13.6. The molecule has 1 rings (SSSR count). The molecule has 0 radical (unpaired) electrons. The van der Waals surface area contributed by atoms with E-state index in [4.69, 9.17) is 10.5 Å². The minimum atomic E-state index is -0.629. The van der Waals surface area contributed by atoms with E-state index in [9.17, 15) is 9.59 Å². The Hall–Kier alpha value is -1.61. The Morgan fingerprint density at radius 3 is 2.62 bits per heavy atom. The highest BCUT2D eigenvalue weighted by Crippen LogP contribution is 2.06. The molecule has 0 saturated carbocycles. The number of amides is 1. The van der Waals surface area contributed by atoms with Crippen LogP contribution < -0.4 is 16.4 Å². The number of benzene rings is 1. The van der Waals surface area contributed by atoms with Gasteiger partial charge in [0.25, 0.3) is 0 Å². The Balaban J connectivity index is 2.47. The molecule has 8 heteroatoms. The third-order valence-electron chi connectivity index (χ3n) is 3.65. The van der Waals surface area contributed by atoms with E-state index in [0.717, 1.165) is 5.56 Å². The van der Waals surface area contributed by atoms with Crippen LogP contribution in [0.15, 0.2) is 30.3 Å². The molecule has 0 aromatic heterocycles. The van der Waals surface area contributed by atoms with Crippen LogP contribution in [0.2, 0.25) is 0 Å². The van der Waals surface area contributed by atoms with E-state index >= 15 is 0 Å². The van der Waals surface area contributed by atoms with Crippen LogP contribution >= 0.6 is 12.6 Å². The van der Waals surface area contributed by atoms with Gasteiger partial charge in [0.2, 0.25) is 5.91 Å². The third kappa shape index (κ3) is 9.76. The van der Waals surface area contributed by atoms with Gasteiger partial charge in [-0.15, -0.1) is 0 Å². The number of rotatable bonds is 13. The molecule has 0 aliphatic heterocycles. The molecule has 0 aliphatic carbocycles. The van der Waals surface area contributed by atoms with Crippen molar-refractivity contribution in [1.82, 2.24) is 10.6 Å². The predicted molar refractivity (Wildman–Crippen MR) is 104 cm³/mol. The second-order valence-corrected chi connectivity index (χ2v) is 6.18. The first-order valence-electron chi connectivity index (χ1n) is 8.64. The van der Waals surface area contributed by atoms with Crippen molar-refractivity contribution in [2.45, 2.75) is 25.0 Å². The lowest BCUT2D eigenvalue weighted by molar-refractivity contribution is -0.140. The number of thiol groups is 1. The fourth-order valence-corrected chi connectivity index (χ4v) is 2.31. The van der Waals surface area contributed by atoms with Gasteiger partial charge in [-0.25, -0.2) is 0 Å². The first-order valence-corrected chi connectivity index (χ1v) is 9.27. The molecule has 26 heavy (non-hydrogen) atoms. The van der Waals surface area contributed by atoms with Crippen LogP contribution in [0.5, 0.6) is 0 Å².